The van der Waals surface area contributed by atoms with Crippen LogP contribution in [0.1, 0.15) is 12.8 Å². The topological polar surface area (TPSA) is 79.9 Å². The van der Waals surface area contributed by atoms with Crippen molar-refractivity contribution in [1.82, 2.24) is 0 Å². The van der Waals surface area contributed by atoms with E-state index < -0.39 is 12.0 Å². The zero-order valence-corrected chi connectivity index (χ0v) is 15.1. The molecule has 1 aromatic carbocycles. The second-order valence-electron chi connectivity index (χ2n) is 9.22. The summed E-state index contributed by atoms with van der Waals surface area (Å²) in [6, 6.07) is 5.32. The number of guanidine groups is 1. The van der Waals surface area contributed by atoms with Gasteiger partial charge in [0.15, 0.2) is 5.96 Å². The molecule has 0 radical (unpaired) electrons. The number of ether oxygens (including phenoxy) is 1. The number of nitrogens with two attached hydrogens (primary N) is 1. The van der Waals surface area contributed by atoms with E-state index in [1.807, 2.05) is 0 Å². The Morgan fingerprint density at radius 2 is 1.79 bits per heavy atom. The average Bonchev–Trinajstić information content (AvgIpc) is 3.12. The molecule has 1 aromatic rings. The lowest BCUT2D eigenvalue weighted by Crippen LogP contribution is -2.56. The van der Waals surface area contributed by atoms with Crippen LogP contribution in [0.4, 0.5) is 18.9 Å². The van der Waals surface area contributed by atoms with E-state index in [0.29, 0.717) is 47.7 Å². The number of nitrogens with zero attached hydrogens (tertiary/aromatic N) is 1. The number of rotatable bonds is 4. The third-order valence-corrected chi connectivity index (χ3v) is 8.38. The van der Waals surface area contributed by atoms with Crippen LogP contribution in [0.3, 0.4) is 0 Å². The number of aliphatic hydroxyl groups is 1. The molecule has 9 atom stereocenters. The van der Waals surface area contributed by atoms with Crippen LogP contribution in [0, 0.1) is 47.3 Å². The van der Waals surface area contributed by atoms with Gasteiger partial charge < -0.3 is 20.9 Å². The first kappa shape index (κ1) is 16.9. The summed E-state index contributed by atoms with van der Waals surface area (Å²) in [6.45, 7) is 0.301. The van der Waals surface area contributed by atoms with E-state index in [0.717, 1.165) is 11.8 Å². The van der Waals surface area contributed by atoms with Gasteiger partial charge in [-0.05, 0) is 84.5 Å². The van der Waals surface area contributed by atoms with E-state index in [2.05, 4.69) is 15.0 Å². The molecule has 0 saturated heterocycles. The van der Waals surface area contributed by atoms with E-state index >= 15 is 0 Å². The molecule has 5 nitrogen and oxygen atoms in total. The fourth-order valence-corrected chi connectivity index (χ4v) is 8.07. The Balaban J connectivity index is 1.14. The highest BCUT2D eigenvalue weighted by molar-refractivity contribution is 5.92. The van der Waals surface area contributed by atoms with E-state index in [9.17, 15) is 18.3 Å². The predicted molar refractivity (Wildman–Crippen MR) is 95.3 cm³/mol. The van der Waals surface area contributed by atoms with Crippen LogP contribution >= 0.6 is 0 Å². The Hall–Kier alpha value is -1.96. The van der Waals surface area contributed by atoms with E-state index in [-0.39, 0.29) is 11.7 Å². The van der Waals surface area contributed by atoms with Crippen LogP contribution < -0.4 is 15.8 Å². The lowest BCUT2D eigenvalue weighted by Gasteiger charge is -2.51. The molecule has 0 amide bonds. The highest BCUT2D eigenvalue weighted by Gasteiger charge is 2.84. The largest absolute Gasteiger partial charge is 0.573 e. The standard InChI is InChI=1S/C20H22F3N3O2/c21-20(22,23)28-9-3-1-8(2-4-9)26-18(24)25-7-19(27)16-11-6-12-14-10(11)5-13(16)15(14)17(12)19/h1-4,10-17,27H,5-7H2,(H3,24,25,26). The Labute approximate surface area is 160 Å². The zero-order valence-electron chi connectivity index (χ0n) is 15.1. The number of hydrogen-bond acceptors (Lipinski definition) is 3. The molecule has 0 aromatic heterocycles. The number of benzene rings is 1. The van der Waals surface area contributed by atoms with Gasteiger partial charge in [0.1, 0.15) is 5.75 Å². The van der Waals surface area contributed by atoms with Crippen molar-refractivity contribution in [3.63, 3.8) is 0 Å². The third-order valence-electron chi connectivity index (χ3n) is 8.38. The Morgan fingerprint density at radius 1 is 1.11 bits per heavy atom. The van der Waals surface area contributed by atoms with Crippen LogP contribution in [0.5, 0.6) is 5.75 Å². The number of alkyl halides is 3. The molecule has 6 rings (SSSR count). The molecule has 5 fully saturated rings. The molecule has 0 heterocycles. The fourth-order valence-electron chi connectivity index (χ4n) is 8.07. The molecular formula is C20H22F3N3O2. The number of halogens is 3. The molecule has 4 N–H and O–H groups in total. The van der Waals surface area contributed by atoms with E-state index in [4.69, 9.17) is 5.73 Å². The van der Waals surface area contributed by atoms with Gasteiger partial charge in [-0.3, -0.25) is 4.99 Å². The van der Waals surface area contributed by atoms with Gasteiger partial charge in [0.05, 0.1) is 12.1 Å². The summed E-state index contributed by atoms with van der Waals surface area (Å²) >= 11 is 0. The molecule has 0 spiro atoms. The van der Waals surface area contributed by atoms with Gasteiger partial charge in [0.25, 0.3) is 0 Å². The van der Waals surface area contributed by atoms with Crippen LogP contribution in [-0.2, 0) is 0 Å². The van der Waals surface area contributed by atoms with Crippen molar-refractivity contribution in [3.05, 3.63) is 24.3 Å². The lowest BCUT2D eigenvalue weighted by atomic mass is 9.56. The number of fused-ring (bicyclic) bond motifs is 2. The summed E-state index contributed by atoms with van der Waals surface area (Å²) in [5.41, 5.74) is 5.77. The number of hydrogen-bond donors (Lipinski definition) is 3. The number of nitrogens with one attached hydrogen (secondary N) is 1. The first-order valence-electron chi connectivity index (χ1n) is 9.91. The third kappa shape index (κ3) is 2.04. The molecule has 28 heavy (non-hydrogen) atoms. The minimum Gasteiger partial charge on any atom is -0.406 e. The SMILES string of the molecule is NC(=NCC1(O)C2C3CC4C5C3CC2C5C41)Nc1ccc(OC(F)(F)F)cc1. The van der Waals surface area contributed by atoms with E-state index in [1.54, 1.807) is 0 Å². The first-order chi connectivity index (χ1) is 13.3. The van der Waals surface area contributed by atoms with Crippen LogP contribution in [0.15, 0.2) is 29.3 Å². The Kier molecular flexibility index (Phi) is 3.11. The smallest absolute Gasteiger partial charge is 0.406 e. The normalized spacial score (nSPS) is 46.9. The summed E-state index contributed by atoms with van der Waals surface area (Å²) in [4.78, 5) is 4.42. The van der Waals surface area contributed by atoms with Gasteiger partial charge in [-0.15, -0.1) is 13.2 Å². The van der Waals surface area contributed by atoms with Crippen LogP contribution in [0.25, 0.3) is 0 Å². The van der Waals surface area contributed by atoms with Crippen LogP contribution in [-0.4, -0.2) is 29.6 Å². The van der Waals surface area contributed by atoms with Gasteiger partial charge in [0.2, 0.25) is 0 Å². The van der Waals surface area contributed by atoms with Crippen molar-refractivity contribution in [2.45, 2.75) is 24.8 Å². The zero-order chi connectivity index (χ0) is 19.4. The van der Waals surface area contributed by atoms with Crippen molar-refractivity contribution in [1.29, 1.82) is 0 Å². The van der Waals surface area contributed by atoms with Gasteiger partial charge in [-0.25, -0.2) is 0 Å². The summed E-state index contributed by atoms with van der Waals surface area (Å²) < 4.78 is 40.5. The molecule has 8 heteroatoms. The molecule has 0 aliphatic heterocycles. The monoisotopic (exact) mass is 393 g/mol. The second-order valence-corrected chi connectivity index (χ2v) is 9.22. The van der Waals surface area contributed by atoms with Gasteiger partial charge in [0, 0.05) is 5.69 Å². The molecule has 5 saturated carbocycles. The van der Waals surface area contributed by atoms with Crippen molar-refractivity contribution in [3.8, 4) is 5.75 Å². The maximum atomic E-state index is 12.2. The van der Waals surface area contributed by atoms with Crippen molar-refractivity contribution in [2.24, 2.45) is 58.1 Å². The highest BCUT2D eigenvalue weighted by atomic mass is 19.4. The maximum Gasteiger partial charge on any atom is 0.573 e. The summed E-state index contributed by atoms with van der Waals surface area (Å²) in [6.07, 6.45) is -2.13. The van der Waals surface area contributed by atoms with Crippen LogP contribution in [0.2, 0.25) is 0 Å². The first-order valence-corrected chi connectivity index (χ1v) is 9.91. The second kappa shape index (κ2) is 5.14. The molecular weight excluding hydrogens is 371 g/mol. The van der Waals surface area contributed by atoms with Crippen molar-refractivity contribution < 1.29 is 23.0 Å². The Morgan fingerprint density at radius 3 is 2.50 bits per heavy atom. The van der Waals surface area contributed by atoms with E-state index in [1.165, 1.54) is 37.1 Å². The summed E-state index contributed by atoms with van der Waals surface area (Å²) in [5.74, 6) is 5.06. The highest BCUT2D eigenvalue weighted by Crippen LogP contribution is 2.85. The molecule has 5 aliphatic rings. The molecule has 150 valence electrons. The minimum atomic E-state index is -4.72. The maximum absolute atomic E-state index is 12.2. The van der Waals surface area contributed by atoms with Gasteiger partial charge in [-0.1, -0.05) is 0 Å². The fraction of sp³-hybridized carbons (Fsp3) is 0.650. The van der Waals surface area contributed by atoms with Gasteiger partial charge in [-0.2, -0.15) is 0 Å². The molecule has 5 aliphatic carbocycles. The average molecular weight is 393 g/mol. The minimum absolute atomic E-state index is 0.163. The summed E-state index contributed by atoms with van der Waals surface area (Å²) in [7, 11) is 0. The predicted octanol–water partition coefficient (Wildman–Crippen LogP) is 2.82. The lowest BCUT2D eigenvalue weighted by molar-refractivity contribution is -0.274. The molecule has 9 unspecified atom stereocenters. The quantitative estimate of drug-likeness (QED) is 0.543. The number of aliphatic imine (C=N–C) groups is 1. The summed E-state index contributed by atoms with van der Waals surface area (Å²) in [5, 5.41) is 14.4. The Bertz CT molecular complexity index is 851. The molecule has 2 bridgehead atoms. The number of anilines is 1. The van der Waals surface area contributed by atoms with Crippen molar-refractivity contribution in [2.75, 3.05) is 11.9 Å². The van der Waals surface area contributed by atoms with Gasteiger partial charge >= 0.3 is 6.36 Å². The van der Waals surface area contributed by atoms with Crippen molar-refractivity contribution >= 4 is 11.6 Å².